The van der Waals surface area contributed by atoms with Crippen molar-refractivity contribution in [3.8, 4) is 0 Å². The Labute approximate surface area is 149 Å². The van der Waals surface area contributed by atoms with E-state index in [1.807, 2.05) is 19.1 Å². The van der Waals surface area contributed by atoms with Crippen molar-refractivity contribution in [3.05, 3.63) is 55.8 Å². The summed E-state index contributed by atoms with van der Waals surface area (Å²) >= 11 is 1.10. The maximum absolute atomic E-state index is 12.3. The summed E-state index contributed by atoms with van der Waals surface area (Å²) in [5.74, 6) is -0.416. The summed E-state index contributed by atoms with van der Waals surface area (Å²) in [6.07, 6.45) is 0.403. The number of thiophene rings is 1. The first-order chi connectivity index (χ1) is 11.8. The fourth-order valence-electron chi connectivity index (χ4n) is 2.22. The maximum Gasteiger partial charge on any atom is 0.283 e. The van der Waals surface area contributed by atoms with Crippen LogP contribution in [0.3, 0.4) is 0 Å². The van der Waals surface area contributed by atoms with Gasteiger partial charge in [0.2, 0.25) is 5.91 Å². The molecular formula is C17H19N3O4S. The molecule has 1 atom stereocenters. The second-order valence-electron chi connectivity index (χ2n) is 5.53. The minimum atomic E-state index is -0.491. The highest BCUT2D eigenvalue weighted by atomic mass is 32.1. The van der Waals surface area contributed by atoms with E-state index in [1.54, 1.807) is 26.0 Å². The Balaban J connectivity index is 2.04. The van der Waals surface area contributed by atoms with Crippen LogP contribution in [0.4, 0.5) is 11.4 Å². The fourth-order valence-corrected chi connectivity index (χ4v) is 3.11. The van der Waals surface area contributed by atoms with E-state index in [2.05, 4.69) is 10.6 Å². The monoisotopic (exact) mass is 361 g/mol. The predicted molar refractivity (Wildman–Crippen MR) is 97.0 cm³/mol. The summed E-state index contributed by atoms with van der Waals surface area (Å²) in [5, 5.41) is 16.5. The van der Waals surface area contributed by atoms with Gasteiger partial charge in [0.25, 0.3) is 11.6 Å². The van der Waals surface area contributed by atoms with E-state index in [-0.39, 0.29) is 23.5 Å². The molecule has 0 radical (unpaired) electrons. The molecule has 7 nitrogen and oxygen atoms in total. The summed E-state index contributed by atoms with van der Waals surface area (Å²) in [5.41, 5.74) is 1.52. The predicted octanol–water partition coefficient (Wildman–Crippen LogP) is 3.80. The highest BCUT2D eigenvalue weighted by molar-refractivity contribution is 7.14. The zero-order valence-electron chi connectivity index (χ0n) is 14.2. The van der Waals surface area contributed by atoms with Crippen LogP contribution in [-0.4, -0.2) is 16.7 Å². The van der Waals surface area contributed by atoms with Crippen LogP contribution >= 0.6 is 11.3 Å². The van der Waals surface area contributed by atoms with E-state index < -0.39 is 4.92 Å². The second-order valence-corrected chi connectivity index (χ2v) is 6.78. The van der Waals surface area contributed by atoms with Gasteiger partial charge in [-0.2, -0.15) is 0 Å². The number of nitrogens with one attached hydrogen (secondary N) is 2. The van der Waals surface area contributed by atoms with Gasteiger partial charge in [-0.1, -0.05) is 19.1 Å². The molecule has 1 unspecified atom stereocenters. The number of nitrogens with zero attached hydrogens (tertiary/aromatic N) is 1. The van der Waals surface area contributed by atoms with E-state index in [9.17, 15) is 19.7 Å². The maximum atomic E-state index is 12.3. The smallest absolute Gasteiger partial charge is 0.283 e. The van der Waals surface area contributed by atoms with Crippen LogP contribution in [0.2, 0.25) is 0 Å². The van der Waals surface area contributed by atoms with Crippen molar-refractivity contribution in [2.24, 2.45) is 0 Å². The van der Waals surface area contributed by atoms with Crippen LogP contribution in [0.1, 0.15) is 46.4 Å². The second kappa shape index (κ2) is 7.89. The first-order valence-electron chi connectivity index (χ1n) is 7.77. The summed E-state index contributed by atoms with van der Waals surface area (Å²) < 4.78 is 0. The topological polar surface area (TPSA) is 101 Å². The number of amides is 2. The molecule has 1 aromatic carbocycles. The lowest BCUT2D eigenvalue weighted by Gasteiger charge is -2.14. The number of carbonyl (C=O) groups is 2. The summed E-state index contributed by atoms with van der Waals surface area (Å²) in [6.45, 7) is 5.22. The van der Waals surface area contributed by atoms with E-state index in [4.69, 9.17) is 0 Å². The molecule has 2 rings (SSSR count). The molecule has 1 aromatic heterocycles. The Kier molecular flexibility index (Phi) is 5.87. The molecule has 2 amide bonds. The van der Waals surface area contributed by atoms with Gasteiger partial charge in [-0.3, -0.25) is 19.7 Å². The number of benzene rings is 1. The van der Waals surface area contributed by atoms with Gasteiger partial charge in [-0.15, -0.1) is 11.3 Å². The van der Waals surface area contributed by atoms with E-state index in [1.165, 1.54) is 6.07 Å². The molecule has 0 saturated carbocycles. The van der Waals surface area contributed by atoms with Crippen LogP contribution in [0, 0.1) is 17.0 Å². The summed E-state index contributed by atoms with van der Waals surface area (Å²) in [6, 6.07) is 8.20. The molecule has 0 bridgehead atoms. The van der Waals surface area contributed by atoms with Crippen LogP contribution in [0.5, 0.6) is 0 Å². The number of hydrogen-bond acceptors (Lipinski definition) is 5. The first kappa shape index (κ1) is 18.6. The number of aryl methyl sites for hydroxylation is 1. The van der Waals surface area contributed by atoms with Crippen LogP contribution in [0.25, 0.3) is 0 Å². The quantitative estimate of drug-likeness (QED) is 0.603. The van der Waals surface area contributed by atoms with Crippen molar-refractivity contribution in [1.29, 1.82) is 0 Å². The molecule has 132 valence electrons. The molecule has 0 saturated heterocycles. The molecule has 0 aliphatic heterocycles. The third kappa shape index (κ3) is 4.63. The molecule has 2 aromatic rings. The highest BCUT2D eigenvalue weighted by Gasteiger charge is 2.20. The minimum Gasteiger partial charge on any atom is -0.345 e. The number of nitro groups is 1. The molecule has 1 heterocycles. The van der Waals surface area contributed by atoms with Gasteiger partial charge < -0.3 is 10.6 Å². The van der Waals surface area contributed by atoms with Gasteiger partial charge in [0, 0.05) is 18.2 Å². The van der Waals surface area contributed by atoms with Gasteiger partial charge in [-0.25, -0.2) is 0 Å². The lowest BCUT2D eigenvalue weighted by molar-refractivity contribution is -0.385. The van der Waals surface area contributed by atoms with Crippen molar-refractivity contribution in [1.82, 2.24) is 5.32 Å². The Bertz CT molecular complexity index is 799. The third-order valence-electron chi connectivity index (χ3n) is 3.68. The molecule has 0 aliphatic rings. The minimum absolute atomic E-state index is 0.0428. The van der Waals surface area contributed by atoms with Crippen LogP contribution in [0.15, 0.2) is 30.3 Å². The molecule has 0 spiro atoms. The van der Waals surface area contributed by atoms with Crippen LogP contribution in [-0.2, 0) is 4.79 Å². The molecular weight excluding hydrogens is 342 g/mol. The Morgan fingerprint density at radius 2 is 1.92 bits per heavy atom. The van der Waals surface area contributed by atoms with Crippen LogP contribution < -0.4 is 10.6 Å². The van der Waals surface area contributed by atoms with E-state index in [0.717, 1.165) is 16.9 Å². The zero-order chi connectivity index (χ0) is 18.6. The lowest BCUT2D eigenvalue weighted by atomic mass is 10.1. The highest BCUT2D eigenvalue weighted by Crippen LogP contribution is 2.28. The molecule has 0 fully saturated rings. The van der Waals surface area contributed by atoms with Crippen molar-refractivity contribution in [2.75, 3.05) is 5.32 Å². The van der Waals surface area contributed by atoms with Crippen molar-refractivity contribution < 1.29 is 14.5 Å². The van der Waals surface area contributed by atoms with Gasteiger partial charge in [-0.05, 0) is 31.5 Å². The Hall–Kier alpha value is -2.74. The number of carbonyl (C=O) groups excluding carboxylic acids is 2. The van der Waals surface area contributed by atoms with Gasteiger partial charge in [0.1, 0.15) is 0 Å². The largest absolute Gasteiger partial charge is 0.345 e. The molecule has 8 heteroatoms. The normalized spacial score (nSPS) is 11.6. The first-order valence-corrected chi connectivity index (χ1v) is 8.59. The van der Waals surface area contributed by atoms with E-state index in [0.29, 0.717) is 21.9 Å². The number of hydrogen-bond donors (Lipinski definition) is 2. The average molecular weight is 361 g/mol. The lowest BCUT2D eigenvalue weighted by Crippen LogP contribution is -2.25. The van der Waals surface area contributed by atoms with E-state index >= 15 is 0 Å². The SMILES string of the molecule is CCC(=O)Nc1ccc(C(C)NC(=O)c2cc([N+](=O)[O-])c(C)s2)cc1. The van der Waals surface area contributed by atoms with Crippen molar-refractivity contribution >= 4 is 34.5 Å². The number of anilines is 1. The van der Waals surface area contributed by atoms with Gasteiger partial charge in [0.05, 0.1) is 20.7 Å². The Morgan fingerprint density at radius 1 is 1.28 bits per heavy atom. The van der Waals surface area contributed by atoms with Gasteiger partial charge >= 0.3 is 0 Å². The van der Waals surface area contributed by atoms with Gasteiger partial charge in [0.15, 0.2) is 0 Å². The molecule has 2 N–H and O–H groups in total. The zero-order valence-corrected chi connectivity index (χ0v) is 15.0. The summed E-state index contributed by atoms with van der Waals surface area (Å²) in [4.78, 5) is 34.9. The summed E-state index contributed by atoms with van der Waals surface area (Å²) in [7, 11) is 0. The fraction of sp³-hybridized carbons (Fsp3) is 0.294. The molecule has 25 heavy (non-hydrogen) atoms. The van der Waals surface area contributed by atoms with Crippen molar-refractivity contribution in [2.45, 2.75) is 33.2 Å². The molecule has 0 aliphatic carbocycles. The Morgan fingerprint density at radius 3 is 2.44 bits per heavy atom. The van der Waals surface area contributed by atoms with Crippen molar-refractivity contribution in [3.63, 3.8) is 0 Å². The average Bonchev–Trinajstić information content (AvgIpc) is 2.97. The number of rotatable bonds is 6. The standard InChI is InChI=1S/C17H19N3O4S/c1-4-16(21)19-13-7-5-12(6-8-13)10(2)18-17(22)15-9-14(20(23)24)11(3)25-15/h5-10H,4H2,1-3H3,(H,18,22)(H,19,21). The third-order valence-corrected chi connectivity index (χ3v) is 4.71.